The molecule has 1 amide bonds. The molecule has 2 bridgehead atoms. The van der Waals surface area contributed by atoms with Crippen molar-refractivity contribution in [2.75, 3.05) is 25.0 Å². The van der Waals surface area contributed by atoms with Crippen molar-refractivity contribution in [3.8, 4) is 22.5 Å². The molecule has 0 saturated carbocycles. The average Bonchev–Trinajstić information content (AvgIpc) is 3.44. The fourth-order valence-corrected chi connectivity index (χ4v) is 6.27. The zero-order valence-electron chi connectivity index (χ0n) is 24.2. The molecule has 44 heavy (non-hydrogen) atoms. The largest absolute Gasteiger partial charge is 0.457 e. The summed E-state index contributed by atoms with van der Waals surface area (Å²) in [7, 11) is 0. The van der Waals surface area contributed by atoms with Gasteiger partial charge in [0.15, 0.2) is 0 Å². The van der Waals surface area contributed by atoms with Crippen molar-refractivity contribution in [2.45, 2.75) is 32.4 Å². The summed E-state index contributed by atoms with van der Waals surface area (Å²) in [6.07, 6.45) is 5.35. The monoisotopic (exact) mass is 590 g/mol. The van der Waals surface area contributed by atoms with Gasteiger partial charge in [-0.3, -0.25) is 24.3 Å². The molecule has 10 heteroatoms. The molecular weight excluding hydrogens is 559 g/mol. The molecule has 5 aromatic rings. The van der Waals surface area contributed by atoms with Crippen molar-refractivity contribution in [1.82, 2.24) is 24.6 Å². The first-order chi connectivity index (χ1) is 21.4. The Bertz CT molecular complexity index is 1880. The minimum atomic E-state index is -0.637. The van der Waals surface area contributed by atoms with Crippen LogP contribution in [0.25, 0.3) is 33.4 Å². The number of nitrogens with one attached hydrogen (secondary N) is 1. The van der Waals surface area contributed by atoms with Gasteiger partial charge in [-0.15, -0.1) is 0 Å². The number of halogens is 1. The number of hydrogen-bond acceptors (Lipinski definition) is 7. The number of esters is 1. The quantitative estimate of drug-likeness (QED) is 0.250. The number of carbonyl (C=O) groups is 2. The Morgan fingerprint density at radius 2 is 1.86 bits per heavy atom. The summed E-state index contributed by atoms with van der Waals surface area (Å²) in [5, 5.41) is 8.43. The van der Waals surface area contributed by atoms with Crippen LogP contribution in [0.3, 0.4) is 0 Å². The van der Waals surface area contributed by atoms with E-state index in [2.05, 4.69) is 20.2 Å². The molecule has 3 fully saturated rings. The SMILES string of the molecule is Cc1cccc(-c2nn(CC(=O)Nc3cc(F)cc(C(=O)O[C@H]4CN5CCC4CC5)c3)cc2-c2ccnc3ccccc23)n1. The van der Waals surface area contributed by atoms with Crippen molar-refractivity contribution >= 4 is 28.5 Å². The number of hydrogen-bond donors (Lipinski definition) is 1. The lowest BCUT2D eigenvalue weighted by molar-refractivity contribution is -0.116. The van der Waals surface area contributed by atoms with Crippen molar-refractivity contribution in [3.63, 3.8) is 0 Å². The normalized spacial score (nSPS) is 19.2. The molecule has 3 aromatic heterocycles. The minimum absolute atomic E-state index is 0.0653. The van der Waals surface area contributed by atoms with Crippen LogP contribution < -0.4 is 5.32 Å². The number of fused-ring (bicyclic) bond motifs is 4. The van der Waals surface area contributed by atoms with E-state index >= 15 is 0 Å². The van der Waals surface area contributed by atoms with Crippen LogP contribution in [0.2, 0.25) is 0 Å². The van der Waals surface area contributed by atoms with Gasteiger partial charge >= 0.3 is 5.97 Å². The molecule has 0 unspecified atom stereocenters. The van der Waals surface area contributed by atoms with Crippen LogP contribution in [0, 0.1) is 18.7 Å². The molecule has 0 aliphatic carbocycles. The van der Waals surface area contributed by atoms with E-state index in [1.165, 1.54) is 12.1 Å². The predicted octanol–water partition coefficient (Wildman–Crippen LogP) is 5.50. The van der Waals surface area contributed by atoms with Crippen LogP contribution in [0.15, 0.2) is 79.1 Å². The van der Waals surface area contributed by atoms with E-state index in [1.54, 1.807) is 10.9 Å². The summed E-state index contributed by atoms with van der Waals surface area (Å²) in [5.41, 5.74) is 4.94. The Hall–Kier alpha value is -4.96. The topological polar surface area (TPSA) is 102 Å². The van der Waals surface area contributed by atoms with Crippen LogP contribution in [0.4, 0.5) is 10.1 Å². The van der Waals surface area contributed by atoms with Gasteiger partial charge < -0.3 is 10.1 Å². The lowest BCUT2D eigenvalue weighted by Gasteiger charge is -2.43. The number of rotatable bonds is 7. The third-order valence-electron chi connectivity index (χ3n) is 8.41. The van der Waals surface area contributed by atoms with Crippen LogP contribution >= 0.6 is 0 Å². The Morgan fingerprint density at radius 3 is 2.66 bits per heavy atom. The molecule has 2 aromatic carbocycles. The van der Waals surface area contributed by atoms with Crippen LogP contribution in [-0.4, -0.2) is 62.3 Å². The molecule has 0 spiro atoms. The number of para-hydroxylation sites is 1. The molecule has 3 aliphatic heterocycles. The number of aryl methyl sites for hydroxylation is 1. The first-order valence-electron chi connectivity index (χ1n) is 14.8. The number of aromatic nitrogens is 4. The Balaban J connectivity index is 1.13. The standard InChI is InChI=1S/C34H31FN6O3/c1-21-5-4-8-30(37-21)33-28(26-9-12-36-29-7-3-2-6-27(26)29)18-41(39-33)20-32(42)38-25-16-23(15-24(35)17-25)34(43)44-31-19-40-13-10-22(31)11-14-40/h2-9,12,15-18,22,31H,10-11,13-14,19-20H2,1H3,(H,38,42)/t31-/m0/s1. The van der Waals surface area contributed by atoms with Gasteiger partial charge in [0.05, 0.1) is 16.8 Å². The fraction of sp³-hybridized carbons (Fsp3) is 0.265. The minimum Gasteiger partial charge on any atom is -0.457 e. The highest BCUT2D eigenvalue weighted by Crippen LogP contribution is 2.34. The van der Waals surface area contributed by atoms with Crippen LogP contribution in [-0.2, 0) is 16.1 Å². The lowest BCUT2D eigenvalue weighted by Crippen LogP contribution is -2.51. The second-order valence-electron chi connectivity index (χ2n) is 11.5. The lowest BCUT2D eigenvalue weighted by atomic mass is 9.86. The highest BCUT2D eigenvalue weighted by molar-refractivity contribution is 5.98. The maximum absolute atomic E-state index is 14.6. The van der Waals surface area contributed by atoms with Gasteiger partial charge in [0.25, 0.3) is 0 Å². The molecular formula is C34H31FN6O3. The molecule has 0 radical (unpaired) electrons. The zero-order chi connectivity index (χ0) is 30.2. The van der Waals surface area contributed by atoms with Crippen molar-refractivity contribution < 1.29 is 18.7 Å². The highest BCUT2D eigenvalue weighted by atomic mass is 19.1. The second-order valence-corrected chi connectivity index (χ2v) is 11.5. The summed E-state index contributed by atoms with van der Waals surface area (Å²) in [5.74, 6) is -1.32. The predicted molar refractivity (Wildman–Crippen MR) is 164 cm³/mol. The van der Waals surface area contributed by atoms with E-state index < -0.39 is 17.7 Å². The maximum Gasteiger partial charge on any atom is 0.338 e. The van der Waals surface area contributed by atoms with E-state index in [0.29, 0.717) is 23.9 Å². The molecule has 3 saturated heterocycles. The summed E-state index contributed by atoms with van der Waals surface area (Å²) >= 11 is 0. The summed E-state index contributed by atoms with van der Waals surface area (Å²) in [6.45, 7) is 4.52. The van der Waals surface area contributed by atoms with E-state index in [0.717, 1.165) is 59.7 Å². The molecule has 1 atom stereocenters. The van der Waals surface area contributed by atoms with Crippen LogP contribution in [0.1, 0.15) is 28.9 Å². The van der Waals surface area contributed by atoms with E-state index in [-0.39, 0.29) is 23.9 Å². The number of carbonyl (C=O) groups excluding carboxylic acids is 2. The third kappa shape index (κ3) is 5.68. The Kier molecular flexibility index (Phi) is 7.35. The first-order valence-corrected chi connectivity index (χ1v) is 14.8. The summed E-state index contributed by atoms with van der Waals surface area (Å²) in [6, 6.07) is 19.2. The molecule has 6 heterocycles. The van der Waals surface area contributed by atoms with E-state index in [4.69, 9.17) is 9.84 Å². The van der Waals surface area contributed by atoms with E-state index in [9.17, 15) is 14.0 Å². The van der Waals surface area contributed by atoms with Gasteiger partial charge in [0, 0.05) is 41.3 Å². The summed E-state index contributed by atoms with van der Waals surface area (Å²) < 4.78 is 21.9. The van der Waals surface area contributed by atoms with Crippen molar-refractivity contribution in [2.24, 2.45) is 5.92 Å². The molecule has 222 valence electrons. The Labute approximate surface area is 253 Å². The van der Waals surface area contributed by atoms with Gasteiger partial charge in [-0.05, 0) is 86.8 Å². The third-order valence-corrected chi connectivity index (χ3v) is 8.41. The van der Waals surface area contributed by atoms with Gasteiger partial charge in [-0.1, -0.05) is 24.3 Å². The highest BCUT2D eigenvalue weighted by Gasteiger charge is 2.36. The number of anilines is 1. The number of nitrogens with zero attached hydrogens (tertiary/aromatic N) is 5. The number of benzene rings is 2. The Morgan fingerprint density at radius 1 is 1.02 bits per heavy atom. The molecule has 3 aliphatic rings. The number of piperidine rings is 3. The van der Waals surface area contributed by atoms with Crippen molar-refractivity contribution in [1.29, 1.82) is 0 Å². The van der Waals surface area contributed by atoms with Crippen molar-refractivity contribution in [3.05, 3.63) is 96.2 Å². The first kappa shape index (κ1) is 27.8. The van der Waals surface area contributed by atoms with Gasteiger partial charge in [-0.2, -0.15) is 5.10 Å². The smallest absolute Gasteiger partial charge is 0.338 e. The number of ether oxygens (including phenoxy) is 1. The average molecular weight is 591 g/mol. The fourth-order valence-electron chi connectivity index (χ4n) is 6.27. The van der Waals surface area contributed by atoms with Gasteiger partial charge in [0.1, 0.15) is 24.2 Å². The van der Waals surface area contributed by atoms with Gasteiger partial charge in [-0.25, -0.2) is 9.18 Å². The molecule has 9 nitrogen and oxygen atoms in total. The second kappa shape index (κ2) is 11.6. The number of amides is 1. The van der Waals surface area contributed by atoms with E-state index in [1.807, 2.05) is 61.7 Å². The number of pyridine rings is 2. The maximum atomic E-state index is 14.6. The van der Waals surface area contributed by atoms with Crippen LogP contribution in [0.5, 0.6) is 0 Å². The molecule has 8 rings (SSSR count). The molecule has 1 N–H and O–H groups in total. The zero-order valence-corrected chi connectivity index (χ0v) is 24.2. The summed E-state index contributed by atoms with van der Waals surface area (Å²) in [4.78, 5) is 37.6. The van der Waals surface area contributed by atoms with Gasteiger partial charge in [0.2, 0.25) is 5.91 Å².